The first-order valence-corrected chi connectivity index (χ1v) is 15.1. The Hall–Kier alpha value is -3.97. The zero-order chi connectivity index (χ0) is 29.1. The van der Waals surface area contributed by atoms with Gasteiger partial charge in [0.05, 0.1) is 12.6 Å². The average Bonchev–Trinajstić information content (AvgIpc) is 3.06. The van der Waals surface area contributed by atoms with Crippen LogP contribution in [0.15, 0.2) is 109 Å². The van der Waals surface area contributed by atoms with Crippen molar-refractivity contribution in [1.29, 1.82) is 0 Å². The van der Waals surface area contributed by atoms with Crippen LogP contribution in [-0.2, 0) is 4.84 Å². The fraction of sp³-hybridized carbons (Fsp3) is 0.306. The molecule has 1 aliphatic heterocycles. The average molecular weight is 563 g/mol. The highest BCUT2D eigenvalue weighted by Crippen LogP contribution is 2.29. The van der Waals surface area contributed by atoms with Crippen molar-refractivity contribution in [2.45, 2.75) is 38.3 Å². The van der Waals surface area contributed by atoms with Crippen molar-refractivity contribution in [3.63, 3.8) is 0 Å². The molecule has 1 atom stereocenters. The maximum atomic E-state index is 13.2. The molecule has 0 bridgehead atoms. The third-order valence-electron chi connectivity index (χ3n) is 8.16. The lowest BCUT2D eigenvalue weighted by molar-refractivity contribution is -0.00944. The molecule has 1 heterocycles. The fourth-order valence-corrected chi connectivity index (χ4v) is 5.73. The van der Waals surface area contributed by atoms with Crippen molar-refractivity contribution in [3.8, 4) is 11.1 Å². The molecule has 6 heteroatoms. The first kappa shape index (κ1) is 29.5. The van der Waals surface area contributed by atoms with E-state index in [9.17, 15) is 4.79 Å². The van der Waals surface area contributed by atoms with E-state index in [1.165, 1.54) is 11.3 Å². The standard InChI is InChI=1S/C36H42N4O2/c1-3-24-37-42-27-35(29-14-8-5-9-15-29)39(2)31-22-25-40(26-23-31)32-20-18-30(19-21-32)38-36(41)34-17-11-10-16-33(34)28-12-6-4-7-13-28/h4-21,31,35,37H,3,22-27H2,1-2H3,(H,38,41). The lowest BCUT2D eigenvalue weighted by Crippen LogP contribution is -2.46. The number of amides is 1. The second-order valence-corrected chi connectivity index (χ2v) is 10.9. The fourth-order valence-electron chi connectivity index (χ4n) is 5.73. The molecule has 0 aromatic heterocycles. The summed E-state index contributed by atoms with van der Waals surface area (Å²) in [6, 6.07) is 37.3. The number of carbonyl (C=O) groups excluding carboxylic acids is 1. The summed E-state index contributed by atoms with van der Waals surface area (Å²) in [7, 11) is 2.23. The summed E-state index contributed by atoms with van der Waals surface area (Å²) in [5.74, 6) is -0.104. The van der Waals surface area contributed by atoms with Crippen LogP contribution in [0.4, 0.5) is 11.4 Å². The van der Waals surface area contributed by atoms with Crippen LogP contribution < -0.4 is 15.7 Å². The van der Waals surface area contributed by atoms with Gasteiger partial charge < -0.3 is 10.2 Å². The number of benzene rings is 4. The van der Waals surface area contributed by atoms with E-state index in [0.717, 1.165) is 55.7 Å². The molecule has 2 N–H and O–H groups in total. The molecule has 218 valence electrons. The minimum Gasteiger partial charge on any atom is -0.371 e. The highest BCUT2D eigenvalue weighted by atomic mass is 16.6. The van der Waals surface area contributed by atoms with E-state index in [1.54, 1.807) is 0 Å². The molecular formula is C36H42N4O2. The van der Waals surface area contributed by atoms with Gasteiger partial charge in [-0.05, 0) is 73.3 Å². The number of nitrogens with one attached hydrogen (secondary N) is 2. The van der Waals surface area contributed by atoms with Crippen LogP contribution >= 0.6 is 0 Å². The molecule has 0 radical (unpaired) electrons. The summed E-state index contributed by atoms with van der Waals surface area (Å²) in [6.07, 6.45) is 3.20. The van der Waals surface area contributed by atoms with E-state index in [-0.39, 0.29) is 11.9 Å². The van der Waals surface area contributed by atoms with Crippen LogP contribution in [-0.4, -0.2) is 50.1 Å². The second-order valence-electron chi connectivity index (χ2n) is 10.9. The predicted octanol–water partition coefficient (Wildman–Crippen LogP) is 7.18. The first-order valence-electron chi connectivity index (χ1n) is 15.1. The Morgan fingerprint density at radius 2 is 1.52 bits per heavy atom. The van der Waals surface area contributed by atoms with Gasteiger partial charge in [-0.3, -0.25) is 14.5 Å². The highest BCUT2D eigenvalue weighted by Gasteiger charge is 2.28. The van der Waals surface area contributed by atoms with E-state index in [2.05, 4.69) is 77.0 Å². The van der Waals surface area contributed by atoms with E-state index in [4.69, 9.17) is 4.84 Å². The molecule has 0 saturated carbocycles. The molecule has 0 aliphatic carbocycles. The molecule has 4 aromatic carbocycles. The van der Waals surface area contributed by atoms with Gasteiger partial charge in [-0.25, -0.2) is 5.48 Å². The second kappa shape index (κ2) is 14.8. The summed E-state index contributed by atoms with van der Waals surface area (Å²) in [6.45, 7) is 5.58. The van der Waals surface area contributed by atoms with Gasteiger partial charge in [-0.2, -0.15) is 0 Å². The van der Waals surface area contributed by atoms with Gasteiger partial charge >= 0.3 is 0 Å². The van der Waals surface area contributed by atoms with Gasteiger partial charge in [0, 0.05) is 42.6 Å². The smallest absolute Gasteiger partial charge is 0.256 e. The number of nitrogens with zero attached hydrogens (tertiary/aromatic N) is 2. The minimum absolute atomic E-state index is 0.104. The maximum absolute atomic E-state index is 13.2. The molecular weight excluding hydrogens is 520 g/mol. The summed E-state index contributed by atoms with van der Waals surface area (Å²) in [4.78, 5) is 24.0. The molecule has 1 fully saturated rings. The van der Waals surface area contributed by atoms with Crippen LogP contribution in [0.1, 0.15) is 48.1 Å². The van der Waals surface area contributed by atoms with Gasteiger partial charge in [0.2, 0.25) is 0 Å². The summed E-state index contributed by atoms with van der Waals surface area (Å²) in [5, 5.41) is 3.09. The molecule has 1 aliphatic rings. The summed E-state index contributed by atoms with van der Waals surface area (Å²) in [5.41, 5.74) is 8.99. The van der Waals surface area contributed by atoms with Gasteiger partial charge in [0.25, 0.3) is 5.91 Å². The van der Waals surface area contributed by atoms with Crippen molar-refractivity contribution < 1.29 is 9.63 Å². The van der Waals surface area contributed by atoms with E-state index >= 15 is 0 Å². The summed E-state index contributed by atoms with van der Waals surface area (Å²) >= 11 is 0. The lowest BCUT2D eigenvalue weighted by atomic mass is 9.98. The van der Waals surface area contributed by atoms with E-state index in [0.29, 0.717) is 18.2 Å². The van der Waals surface area contributed by atoms with Crippen LogP contribution in [0, 0.1) is 0 Å². The monoisotopic (exact) mass is 562 g/mol. The van der Waals surface area contributed by atoms with Crippen molar-refractivity contribution >= 4 is 17.3 Å². The van der Waals surface area contributed by atoms with Gasteiger partial charge in [0.1, 0.15) is 0 Å². The molecule has 5 rings (SSSR count). The Labute approximate surface area is 250 Å². The van der Waals surface area contributed by atoms with Crippen molar-refractivity contribution in [2.24, 2.45) is 0 Å². The number of anilines is 2. The predicted molar refractivity (Wildman–Crippen MR) is 173 cm³/mol. The Bertz CT molecular complexity index is 1390. The van der Waals surface area contributed by atoms with Crippen LogP contribution in [0.25, 0.3) is 11.1 Å². The number of hydrogen-bond donors (Lipinski definition) is 2. The van der Waals surface area contributed by atoms with Crippen LogP contribution in [0.2, 0.25) is 0 Å². The molecule has 42 heavy (non-hydrogen) atoms. The Kier molecular flexibility index (Phi) is 10.4. The third kappa shape index (κ3) is 7.45. The minimum atomic E-state index is -0.104. The van der Waals surface area contributed by atoms with Crippen LogP contribution in [0.5, 0.6) is 0 Å². The zero-order valence-corrected chi connectivity index (χ0v) is 24.7. The van der Waals surface area contributed by atoms with E-state index in [1.807, 2.05) is 66.7 Å². The number of rotatable bonds is 12. The van der Waals surface area contributed by atoms with Crippen LogP contribution in [0.3, 0.4) is 0 Å². The van der Waals surface area contributed by atoms with Gasteiger partial charge in [-0.15, -0.1) is 0 Å². The maximum Gasteiger partial charge on any atom is 0.256 e. The van der Waals surface area contributed by atoms with Crippen molar-refractivity contribution in [1.82, 2.24) is 10.4 Å². The molecule has 1 amide bonds. The zero-order valence-electron chi connectivity index (χ0n) is 24.7. The molecule has 1 unspecified atom stereocenters. The topological polar surface area (TPSA) is 56.8 Å². The van der Waals surface area contributed by atoms with Crippen molar-refractivity contribution in [3.05, 3.63) is 120 Å². The molecule has 1 saturated heterocycles. The van der Waals surface area contributed by atoms with Gasteiger partial charge in [-0.1, -0.05) is 85.8 Å². The Morgan fingerprint density at radius 3 is 2.21 bits per heavy atom. The summed E-state index contributed by atoms with van der Waals surface area (Å²) < 4.78 is 0. The number of piperidine rings is 1. The van der Waals surface area contributed by atoms with Crippen molar-refractivity contribution in [2.75, 3.05) is 43.5 Å². The molecule has 6 nitrogen and oxygen atoms in total. The van der Waals surface area contributed by atoms with Gasteiger partial charge in [0.15, 0.2) is 0 Å². The largest absolute Gasteiger partial charge is 0.371 e. The lowest BCUT2D eigenvalue weighted by Gasteiger charge is -2.41. The Morgan fingerprint density at radius 1 is 0.881 bits per heavy atom. The third-order valence-corrected chi connectivity index (χ3v) is 8.16. The quantitative estimate of drug-likeness (QED) is 0.142. The number of carbonyl (C=O) groups is 1. The first-order chi connectivity index (χ1) is 20.6. The highest BCUT2D eigenvalue weighted by molar-refractivity contribution is 6.08. The normalized spacial score (nSPS) is 14.6. The van der Waals surface area contributed by atoms with E-state index < -0.39 is 0 Å². The number of likely N-dealkylation sites (N-methyl/N-ethyl adjacent to an activating group) is 1. The molecule has 0 spiro atoms. The Balaban J connectivity index is 1.18. The number of hydroxylamine groups is 1. The number of hydrogen-bond acceptors (Lipinski definition) is 5. The molecule has 4 aromatic rings. The SMILES string of the molecule is CCCNOCC(c1ccccc1)N(C)C1CCN(c2ccc(NC(=O)c3ccccc3-c3ccccc3)cc2)CC1.